The molecule has 1 N–H and O–H groups in total. The molecule has 0 radical (unpaired) electrons. The second kappa shape index (κ2) is 7.99. The van der Waals surface area contributed by atoms with Gasteiger partial charge in [0.05, 0.1) is 6.61 Å². The fourth-order valence-corrected chi connectivity index (χ4v) is 1.82. The third-order valence-electron chi connectivity index (χ3n) is 3.01. The molecule has 0 heterocycles. The Bertz CT molecular complexity index is 321. The summed E-state index contributed by atoms with van der Waals surface area (Å²) in [6.45, 7) is 4.86. The average Bonchev–Trinajstić information content (AvgIpc) is 2.33. The highest BCUT2D eigenvalue weighted by Crippen LogP contribution is 2.26. The van der Waals surface area contributed by atoms with Crippen molar-refractivity contribution in [1.29, 1.82) is 0 Å². The van der Waals surface area contributed by atoms with Crippen LogP contribution in [-0.4, -0.2) is 11.7 Å². The molecule has 0 amide bonds. The van der Waals surface area contributed by atoms with Crippen molar-refractivity contribution in [1.82, 2.24) is 0 Å². The summed E-state index contributed by atoms with van der Waals surface area (Å²) >= 11 is 0. The van der Waals surface area contributed by atoms with Crippen molar-refractivity contribution in [2.75, 3.05) is 6.61 Å². The monoisotopic (exact) mass is 236 g/mol. The van der Waals surface area contributed by atoms with E-state index in [1.807, 2.05) is 19.1 Å². The summed E-state index contributed by atoms with van der Waals surface area (Å²) in [5.74, 6) is 1.11. The van der Waals surface area contributed by atoms with E-state index in [4.69, 9.17) is 4.74 Å². The highest BCUT2D eigenvalue weighted by Gasteiger charge is 2.02. The van der Waals surface area contributed by atoms with Crippen LogP contribution in [0, 0.1) is 6.92 Å². The first kappa shape index (κ1) is 13.9. The molecule has 0 aliphatic carbocycles. The molecule has 96 valence electrons. The van der Waals surface area contributed by atoms with Gasteiger partial charge in [0.1, 0.15) is 11.5 Å². The van der Waals surface area contributed by atoms with Gasteiger partial charge in [-0.3, -0.25) is 0 Å². The van der Waals surface area contributed by atoms with Crippen LogP contribution in [0.5, 0.6) is 11.5 Å². The molecule has 0 spiro atoms. The van der Waals surface area contributed by atoms with E-state index < -0.39 is 0 Å². The lowest BCUT2D eigenvalue weighted by atomic mass is 10.1. The lowest BCUT2D eigenvalue weighted by molar-refractivity contribution is 0.300. The highest BCUT2D eigenvalue weighted by molar-refractivity contribution is 5.42. The van der Waals surface area contributed by atoms with Crippen LogP contribution < -0.4 is 4.74 Å². The quantitative estimate of drug-likeness (QED) is 0.676. The molecule has 1 aromatic carbocycles. The van der Waals surface area contributed by atoms with Gasteiger partial charge in [0.25, 0.3) is 0 Å². The van der Waals surface area contributed by atoms with Crippen molar-refractivity contribution in [2.45, 2.75) is 52.4 Å². The molecule has 1 aromatic rings. The lowest BCUT2D eigenvalue weighted by Crippen LogP contribution is -1.98. The number of hydrogen-bond donors (Lipinski definition) is 1. The van der Waals surface area contributed by atoms with Crippen LogP contribution >= 0.6 is 0 Å². The molecule has 0 aliphatic heterocycles. The number of phenolic OH excluding ortho intramolecular Hbond substituents is 1. The van der Waals surface area contributed by atoms with Gasteiger partial charge in [0, 0.05) is 5.56 Å². The molecule has 0 atom stereocenters. The fourth-order valence-electron chi connectivity index (χ4n) is 1.82. The highest BCUT2D eigenvalue weighted by atomic mass is 16.5. The first-order valence-electron chi connectivity index (χ1n) is 6.67. The van der Waals surface area contributed by atoms with Crippen LogP contribution in [0.25, 0.3) is 0 Å². The van der Waals surface area contributed by atoms with E-state index in [9.17, 15) is 5.11 Å². The fraction of sp³-hybridized carbons (Fsp3) is 0.600. The summed E-state index contributed by atoms with van der Waals surface area (Å²) in [6, 6.07) is 5.41. The number of hydrogen-bond acceptors (Lipinski definition) is 2. The molecule has 0 fully saturated rings. The molecule has 0 aromatic heterocycles. The minimum Gasteiger partial charge on any atom is -0.508 e. The van der Waals surface area contributed by atoms with Crippen LogP contribution in [0.15, 0.2) is 18.2 Å². The third kappa shape index (κ3) is 5.12. The van der Waals surface area contributed by atoms with E-state index in [1.54, 1.807) is 6.07 Å². The molecular weight excluding hydrogens is 212 g/mol. The molecule has 0 saturated heterocycles. The van der Waals surface area contributed by atoms with E-state index in [0.717, 1.165) is 24.3 Å². The first-order chi connectivity index (χ1) is 8.25. The zero-order valence-corrected chi connectivity index (χ0v) is 11.0. The Labute approximate surface area is 105 Å². The number of benzene rings is 1. The molecule has 0 aliphatic rings. The Hall–Kier alpha value is -1.18. The van der Waals surface area contributed by atoms with Crippen LogP contribution in [-0.2, 0) is 0 Å². The third-order valence-corrected chi connectivity index (χ3v) is 3.01. The number of phenols is 1. The van der Waals surface area contributed by atoms with Gasteiger partial charge < -0.3 is 9.84 Å². The van der Waals surface area contributed by atoms with Crippen LogP contribution in [0.3, 0.4) is 0 Å². The molecular formula is C15H24O2. The van der Waals surface area contributed by atoms with Crippen molar-refractivity contribution < 1.29 is 9.84 Å². The molecule has 0 saturated carbocycles. The van der Waals surface area contributed by atoms with Crippen molar-refractivity contribution in [3.8, 4) is 11.5 Å². The van der Waals surface area contributed by atoms with Gasteiger partial charge in [-0.15, -0.1) is 0 Å². The Kier molecular flexibility index (Phi) is 6.53. The van der Waals surface area contributed by atoms with E-state index >= 15 is 0 Å². The molecule has 1 rings (SSSR count). The Morgan fingerprint density at radius 2 is 1.76 bits per heavy atom. The standard InChI is InChI=1S/C15H24O2/c1-3-4-5-6-7-8-12-17-15-11-9-10-14(16)13(15)2/h9-11,16H,3-8,12H2,1-2H3. The van der Waals surface area contributed by atoms with Gasteiger partial charge in [-0.1, -0.05) is 45.1 Å². The maximum atomic E-state index is 9.52. The molecule has 2 heteroatoms. The predicted octanol–water partition coefficient (Wildman–Crippen LogP) is 4.44. The van der Waals surface area contributed by atoms with E-state index in [1.165, 1.54) is 32.1 Å². The van der Waals surface area contributed by atoms with Crippen molar-refractivity contribution >= 4 is 0 Å². The van der Waals surface area contributed by atoms with Gasteiger partial charge in [-0.2, -0.15) is 0 Å². The molecule has 0 bridgehead atoms. The number of aromatic hydroxyl groups is 1. The van der Waals surface area contributed by atoms with Crippen LogP contribution in [0.2, 0.25) is 0 Å². The summed E-state index contributed by atoms with van der Waals surface area (Å²) < 4.78 is 5.66. The molecule has 0 unspecified atom stereocenters. The number of ether oxygens (including phenoxy) is 1. The lowest BCUT2D eigenvalue weighted by Gasteiger charge is -2.09. The van der Waals surface area contributed by atoms with Crippen molar-refractivity contribution in [3.63, 3.8) is 0 Å². The van der Waals surface area contributed by atoms with Gasteiger partial charge in [-0.05, 0) is 25.5 Å². The van der Waals surface area contributed by atoms with Gasteiger partial charge in [-0.25, -0.2) is 0 Å². The normalized spacial score (nSPS) is 10.5. The van der Waals surface area contributed by atoms with Crippen molar-refractivity contribution in [3.05, 3.63) is 23.8 Å². The Balaban J connectivity index is 2.16. The Morgan fingerprint density at radius 1 is 1.06 bits per heavy atom. The Morgan fingerprint density at radius 3 is 2.53 bits per heavy atom. The zero-order chi connectivity index (χ0) is 12.5. The van der Waals surface area contributed by atoms with Crippen LogP contribution in [0.4, 0.5) is 0 Å². The minimum absolute atomic E-state index is 0.311. The topological polar surface area (TPSA) is 29.5 Å². The summed E-state index contributed by atoms with van der Waals surface area (Å²) in [7, 11) is 0. The molecule has 17 heavy (non-hydrogen) atoms. The maximum Gasteiger partial charge on any atom is 0.125 e. The summed E-state index contributed by atoms with van der Waals surface area (Å²) in [4.78, 5) is 0. The SMILES string of the molecule is CCCCCCCCOc1cccc(O)c1C. The molecule has 2 nitrogen and oxygen atoms in total. The number of rotatable bonds is 8. The summed E-state index contributed by atoms with van der Waals surface area (Å²) in [6.07, 6.45) is 7.60. The van der Waals surface area contributed by atoms with Crippen LogP contribution in [0.1, 0.15) is 51.0 Å². The zero-order valence-electron chi connectivity index (χ0n) is 11.0. The van der Waals surface area contributed by atoms with Gasteiger partial charge in [0.15, 0.2) is 0 Å². The van der Waals surface area contributed by atoms with E-state index in [2.05, 4.69) is 6.92 Å². The second-order valence-electron chi connectivity index (χ2n) is 4.52. The maximum absolute atomic E-state index is 9.52. The van der Waals surface area contributed by atoms with E-state index in [-0.39, 0.29) is 0 Å². The van der Waals surface area contributed by atoms with Crippen molar-refractivity contribution in [2.24, 2.45) is 0 Å². The summed E-state index contributed by atoms with van der Waals surface area (Å²) in [5.41, 5.74) is 0.832. The average molecular weight is 236 g/mol. The first-order valence-corrected chi connectivity index (χ1v) is 6.67. The number of unbranched alkanes of at least 4 members (excludes halogenated alkanes) is 5. The minimum atomic E-state index is 0.311. The predicted molar refractivity (Wildman–Crippen MR) is 71.7 cm³/mol. The summed E-state index contributed by atoms with van der Waals surface area (Å²) in [5, 5.41) is 9.52. The van der Waals surface area contributed by atoms with Gasteiger partial charge >= 0.3 is 0 Å². The smallest absolute Gasteiger partial charge is 0.125 e. The van der Waals surface area contributed by atoms with Gasteiger partial charge in [0.2, 0.25) is 0 Å². The van der Waals surface area contributed by atoms with E-state index in [0.29, 0.717) is 5.75 Å². The largest absolute Gasteiger partial charge is 0.508 e. The second-order valence-corrected chi connectivity index (χ2v) is 4.52.